The van der Waals surface area contributed by atoms with Crippen molar-refractivity contribution in [3.63, 3.8) is 0 Å². The number of carbonyl (C=O) groups excluding carboxylic acids is 9. The van der Waals surface area contributed by atoms with Crippen LogP contribution in [-0.4, -0.2) is 150 Å². The number of hydroxylamine groups is 1. The smallest absolute Gasteiger partial charge is 0.431 e. The zero-order valence-electron chi connectivity index (χ0n) is 52.6. The summed E-state index contributed by atoms with van der Waals surface area (Å²) in [6.07, 6.45) is 12.0. The van der Waals surface area contributed by atoms with Gasteiger partial charge < -0.3 is 54.8 Å². The molecule has 81 heavy (non-hydrogen) atoms. The summed E-state index contributed by atoms with van der Waals surface area (Å²) in [4.78, 5) is 122. The van der Waals surface area contributed by atoms with Gasteiger partial charge in [-0.05, 0) is 149 Å². The number of rotatable bonds is 39. The summed E-state index contributed by atoms with van der Waals surface area (Å²) in [6.45, 7) is 28.4. The molecule has 0 unspecified atom stereocenters. The van der Waals surface area contributed by atoms with Crippen LogP contribution in [-0.2, 0) is 57.3 Å². The second-order valence-corrected chi connectivity index (χ2v) is 25.5. The Morgan fingerprint density at radius 1 is 0.370 bits per heavy atom. The van der Waals surface area contributed by atoms with Crippen LogP contribution < -0.4 is 26.7 Å². The number of hydrogen-bond acceptors (Lipinski definition) is 15. The van der Waals surface area contributed by atoms with E-state index >= 15 is 0 Å². The van der Waals surface area contributed by atoms with Gasteiger partial charge in [-0.2, -0.15) is 5.48 Å². The van der Waals surface area contributed by atoms with Gasteiger partial charge in [-0.1, -0.05) is 57.8 Å². The summed E-state index contributed by atoms with van der Waals surface area (Å²) in [7, 11) is 0. The fourth-order valence-corrected chi connectivity index (χ4v) is 7.69. The van der Waals surface area contributed by atoms with Crippen LogP contribution in [0.3, 0.4) is 0 Å². The van der Waals surface area contributed by atoms with E-state index in [2.05, 4.69) is 26.7 Å². The maximum absolute atomic E-state index is 13.3. The van der Waals surface area contributed by atoms with Crippen LogP contribution in [0.25, 0.3) is 0 Å². The van der Waals surface area contributed by atoms with Gasteiger partial charge in [0.15, 0.2) is 0 Å². The fourth-order valence-electron chi connectivity index (χ4n) is 7.69. The number of ether oxygens (including phenoxy) is 5. The maximum atomic E-state index is 13.3. The van der Waals surface area contributed by atoms with E-state index in [9.17, 15) is 43.2 Å². The summed E-state index contributed by atoms with van der Waals surface area (Å²) >= 11 is 0. The minimum Gasteiger partial charge on any atom is -0.460 e. The summed E-state index contributed by atoms with van der Waals surface area (Å²) in [6, 6.07) is -0.997. The predicted molar refractivity (Wildman–Crippen MR) is 311 cm³/mol. The monoisotopic (exact) mass is 1160 g/mol. The van der Waals surface area contributed by atoms with Gasteiger partial charge in [0.2, 0.25) is 23.6 Å². The van der Waals surface area contributed by atoms with Crippen LogP contribution in [0.1, 0.15) is 239 Å². The first-order valence-electron chi connectivity index (χ1n) is 29.6. The Labute approximate surface area is 485 Å². The lowest BCUT2D eigenvalue weighted by Gasteiger charge is -2.29. The number of carbonyl (C=O) groups is 9. The molecule has 0 saturated carbocycles. The first kappa shape index (κ1) is 75.6. The van der Waals surface area contributed by atoms with Crippen LogP contribution in [0.15, 0.2) is 0 Å². The van der Waals surface area contributed by atoms with Crippen LogP contribution in [0.5, 0.6) is 0 Å². The van der Waals surface area contributed by atoms with Crippen molar-refractivity contribution in [3.05, 3.63) is 0 Å². The standard InChI is InChI=1S/C59H109N7O15/c1-55(2,3)77-50(71)32-26-24-22-20-18-16-17-19-21-23-25-31-49(70)63-45(51(72)78-56(4,5)6)33-34-46(67)60-37-29-42-65(53(74)80-58(10,11)12)40-27-28-41-66(54(75)81-59(13,14)15)43-30-38-61-47(68)35-36-48(69)62-39-44-76-64-52(73)79-57(7,8)9/h45H,16-44H2,1-15H3,(H,60,67)(H,61,68)(H,62,69)(H,63,70)(H,64,73)/t45-/m0/s1. The first-order valence-corrected chi connectivity index (χ1v) is 29.6. The van der Waals surface area contributed by atoms with E-state index in [1.165, 1.54) is 0 Å². The number of nitrogens with zero attached hydrogens (tertiary/aromatic N) is 2. The fraction of sp³-hybridized carbons (Fsp3) is 0.847. The zero-order valence-corrected chi connectivity index (χ0v) is 52.6. The molecular formula is C59H109N7O15. The van der Waals surface area contributed by atoms with E-state index in [0.717, 1.165) is 64.2 Å². The largest absolute Gasteiger partial charge is 0.460 e. The molecule has 0 aliphatic rings. The van der Waals surface area contributed by atoms with E-state index in [-0.39, 0.29) is 101 Å². The molecule has 0 saturated heterocycles. The Kier molecular flexibility index (Phi) is 37.3. The lowest BCUT2D eigenvalue weighted by atomic mass is 10.0. The average molecular weight is 1160 g/mol. The Morgan fingerprint density at radius 3 is 1.16 bits per heavy atom. The highest BCUT2D eigenvalue weighted by Gasteiger charge is 2.28. The van der Waals surface area contributed by atoms with Gasteiger partial charge in [0, 0.05) is 77.9 Å². The van der Waals surface area contributed by atoms with Crippen LogP contribution >= 0.6 is 0 Å². The van der Waals surface area contributed by atoms with Gasteiger partial charge in [-0.15, -0.1) is 0 Å². The molecule has 0 aromatic rings. The van der Waals surface area contributed by atoms with E-state index in [1.807, 2.05) is 20.8 Å². The normalized spacial score (nSPS) is 12.3. The molecule has 0 rings (SSSR count). The number of nitrogens with one attached hydrogen (secondary N) is 5. The minimum absolute atomic E-state index is 0.00341. The highest BCUT2D eigenvalue weighted by molar-refractivity contribution is 5.86. The Balaban J connectivity index is 5.00. The van der Waals surface area contributed by atoms with Crippen molar-refractivity contribution in [1.82, 2.24) is 36.5 Å². The molecule has 5 N–H and O–H groups in total. The second kappa shape index (κ2) is 39.9. The third-order valence-electron chi connectivity index (χ3n) is 11.3. The first-order chi connectivity index (χ1) is 37.5. The number of hydrogen-bond donors (Lipinski definition) is 5. The molecule has 470 valence electrons. The predicted octanol–water partition coefficient (Wildman–Crippen LogP) is 9.63. The molecule has 7 amide bonds. The second-order valence-electron chi connectivity index (χ2n) is 25.5. The topological polar surface area (TPSA) is 276 Å². The third-order valence-corrected chi connectivity index (χ3v) is 11.3. The number of amides is 7. The lowest BCUT2D eigenvalue weighted by Crippen LogP contribution is -2.44. The molecule has 0 aromatic heterocycles. The van der Waals surface area contributed by atoms with Gasteiger partial charge in [0.25, 0.3) is 0 Å². The van der Waals surface area contributed by atoms with Crippen molar-refractivity contribution in [3.8, 4) is 0 Å². The molecule has 22 nitrogen and oxygen atoms in total. The average Bonchev–Trinajstić information content (AvgIpc) is 3.30. The Hall–Kier alpha value is -5.41. The molecular weight excluding hydrogens is 1050 g/mol. The molecule has 0 aromatic carbocycles. The van der Waals surface area contributed by atoms with Gasteiger partial charge in [-0.25, -0.2) is 19.2 Å². The number of esters is 2. The maximum Gasteiger partial charge on any atom is 0.431 e. The van der Waals surface area contributed by atoms with E-state index in [4.69, 9.17) is 28.5 Å². The summed E-state index contributed by atoms with van der Waals surface area (Å²) < 4.78 is 27.4. The zero-order chi connectivity index (χ0) is 61.7. The summed E-state index contributed by atoms with van der Waals surface area (Å²) in [5, 5.41) is 11.1. The van der Waals surface area contributed by atoms with E-state index < -0.39 is 58.3 Å². The van der Waals surface area contributed by atoms with Crippen molar-refractivity contribution >= 4 is 53.8 Å². The molecule has 0 heterocycles. The van der Waals surface area contributed by atoms with Gasteiger partial charge in [-0.3, -0.25) is 28.8 Å². The molecule has 0 aliphatic carbocycles. The Morgan fingerprint density at radius 2 is 0.741 bits per heavy atom. The highest BCUT2D eigenvalue weighted by Crippen LogP contribution is 2.17. The van der Waals surface area contributed by atoms with E-state index in [0.29, 0.717) is 51.6 Å². The van der Waals surface area contributed by atoms with Crippen molar-refractivity contribution in [2.45, 2.75) is 273 Å². The van der Waals surface area contributed by atoms with Crippen molar-refractivity contribution in [1.29, 1.82) is 0 Å². The van der Waals surface area contributed by atoms with Gasteiger partial charge >= 0.3 is 30.2 Å². The molecule has 0 aliphatic heterocycles. The summed E-state index contributed by atoms with van der Waals surface area (Å²) in [5.74, 6) is -2.03. The summed E-state index contributed by atoms with van der Waals surface area (Å²) in [5.41, 5.74) is -1.30. The van der Waals surface area contributed by atoms with Crippen LogP contribution in [0, 0.1) is 0 Å². The molecule has 0 fully saturated rings. The lowest BCUT2D eigenvalue weighted by molar-refractivity contribution is -0.159. The van der Waals surface area contributed by atoms with Crippen molar-refractivity contribution < 1.29 is 71.7 Å². The molecule has 0 radical (unpaired) electrons. The Bertz CT molecular complexity index is 1880. The third kappa shape index (κ3) is 47.9. The van der Waals surface area contributed by atoms with E-state index in [1.54, 1.807) is 92.9 Å². The molecule has 1 atom stereocenters. The van der Waals surface area contributed by atoms with Gasteiger partial charge in [0.1, 0.15) is 34.0 Å². The molecule has 0 spiro atoms. The number of unbranched alkanes of at least 4 members (excludes halogenated alkanes) is 11. The van der Waals surface area contributed by atoms with Crippen LogP contribution in [0.4, 0.5) is 14.4 Å². The molecule has 0 bridgehead atoms. The van der Waals surface area contributed by atoms with Crippen molar-refractivity contribution in [2.75, 3.05) is 52.4 Å². The minimum atomic E-state index is -0.997. The van der Waals surface area contributed by atoms with Crippen molar-refractivity contribution in [2.24, 2.45) is 0 Å². The molecule has 22 heteroatoms. The highest BCUT2D eigenvalue weighted by atomic mass is 16.7. The van der Waals surface area contributed by atoms with Gasteiger partial charge in [0.05, 0.1) is 6.61 Å². The van der Waals surface area contributed by atoms with Crippen LogP contribution in [0.2, 0.25) is 0 Å². The quantitative estimate of drug-likeness (QED) is 0.0166. The SMILES string of the molecule is CC(C)(C)OC(=O)CCCCCCCCCCCCCC(=O)N[C@@H](CCC(=O)NCCCN(CCCCN(CCCNC(=O)CCC(=O)NCCONC(=O)OC(C)(C)C)C(=O)OC(C)(C)C)C(=O)OC(C)(C)C)C(=O)OC(C)(C)C.